The molecule has 0 N–H and O–H groups in total. The SMILES string of the molecule is COc1ccc(C(Cl)c2occc2C)c(Br)c1. The van der Waals surface area contributed by atoms with Crippen LogP contribution in [0.15, 0.2) is 39.4 Å². The molecule has 0 fully saturated rings. The number of hydrogen-bond acceptors (Lipinski definition) is 2. The van der Waals surface area contributed by atoms with Gasteiger partial charge in [0.1, 0.15) is 16.9 Å². The molecule has 1 atom stereocenters. The quantitative estimate of drug-likeness (QED) is 0.767. The largest absolute Gasteiger partial charge is 0.497 e. The van der Waals surface area contributed by atoms with Crippen molar-refractivity contribution in [2.24, 2.45) is 0 Å². The van der Waals surface area contributed by atoms with E-state index in [4.69, 9.17) is 20.8 Å². The summed E-state index contributed by atoms with van der Waals surface area (Å²) < 4.78 is 11.5. The third kappa shape index (κ3) is 2.50. The molecule has 2 nitrogen and oxygen atoms in total. The molecular formula is C13H12BrClO2. The minimum atomic E-state index is -0.301. The number of halogens is 2. The molecule has 1 heterocycles. The molecule has 1 aromatic carbocycles. The Hall–Kier alpha value is -0.930. The molecular weight excluding hydrogens is 303 g/mol. The number of methoxy groups -OCH3 is 1. The van der Waals surface area contributed by atoms with Gasteiger partial charge in [0.25, 0.3) is 0 Å². The minimum Gasteiger partial charge on any atom is -0.497 e. The smallest absolute Gasteiger partial charge is 0.129 e. The summed E-state index contributed by atoms with van der Waals surface area (Å²) in [4.78, 5) is 0. The van der Waals surface area contributed by atoms with E-state index in [1.54, 1.807) is 13.4 Å². The second-order valence-corrected chi connectivity index (χ2v) is 5.01. The van der Waals surface area contributed by atoms with Gasteiger partial charge in [0.2, 0.25) is 0 Å². The van der Waals surface area contributed by atoms with E-state index >= 15 is 0 Å². The summed E-state index contributed by atoms with van der Waals surface area (Å²) in [5.41, 5.74) is 2.01. The highest BCUT2D eigenvalue weighted by molar-refractivity contribution is 9.10. The second-order valence-electron chi connectivity index (χ2n) is 3.72. The molecule has 4 heteroatoms. The van der Waals surface area contributed by atoms with Crippen LogP contribution in [0.25, 0.3) is 0 Å². The van der Waals surface area contributed by atoms with Crippen LogP contribution >= 0.6 is 27.5 Å². The summed E-state index contributed by atoms with van der Waals surface area (Å²) >= 11 is 9.91. The highest BCUT2D eigenvalue weighted by atomic mass is 79.9. The molecule has 0 bridgehead atoms. The zero-order valence-electron chi connectivity index (χ0n) is 9.54. The van der Waals surface area contributed by atoms with Crippen molar-refractivity contribution in [3.63, 3.8) is 0 Å². The molecule has 0 aliphatic heterocycles. The van der Waals surface area contributed by atoms with E-state index in [-0.39, 0.29) is 5.38 Å². The first-order chi connectivity index (χ1) is 8.13. The Balaban J connectivity index is 2.38. The first kappa shape index (κ1) is 12.5. The van der Waals surface area contributed by atoms with Crippen molar-refractivity contribution in [2.75, 3.05) is 7.11 Å². The maximum absolute atomic E-state index is 6.41. The molecule has 0 aliphatic rings. The summed E-state index contributed by atoms with van der Waals surface area (Å²) in [7, 11) is 1.64. The molecule has 0 saturated heterocycles. The highest BCUT2D eigenvalue weighted by Crippen LogP contribution is 2.37. The predicted molar refractivity (Wildman–Crippen MR) is 71.8 cm³/mol. The Bertz CT molecular complexity index is 522. The van der Waals surface area contributed by atoms with Crippen LogP contribution in [0.1, 0.15) is 22.3 Å². The van der Waals surface area contributed by atoms with Crippen LogP contribution in [-0.2, 0) is 0 Å². The summed E-state index contributed by atoms with van der Waals surface area (Å²) in [5.74, 6) is 1.57. The van der Waals surface area contributed by atoms with Crippen LogP contribution in [0.4, 0.5) is 0 Å². The van der Waals surface area contributed by atoms with Gasteiger partial charge < -0.3 is 9.15 Å². The lowest BCUT2D eigenvalue weighted by Gasteiger charge is -2.11. The lowest BCUT2D eigenvalue weighted by atomic mass is 10.1. The van der Waals surface area contributed by atoms with Crippen molar-refractivity contribution < 1.29 is 9.15 Å². The number of rotatable bonds is 3. The highest BCUT2D eigenvalue weighted by Gasteiger charge is 2.19. The number of benzene rings is 1. The monoisotopic (exact) mass is 314 g/mol. The van der Waals surface area contributed by atoms with E-state index in [0.29, 0.717) is 0 Å². The van der Waals surface area contributed by atoms with Gasteiger partial charge in [-0.25, -0.2) is 0 Å². The van der Waals surface area contributed by atoms with Gasteiger partial charge in [0.05, 0.1) is 13.4 Å². The Labute approximate surface area is 114 Å². The third-order valence-corrected chi connectivity index (χ3v) is 3.73. The van der Waals surface area contributed by atoms with Gasteiger partial charge in [-0.3, -0.25) is 0 Å². The van der Waals surface area contributed by atoms with Crippen molar-refractivity contribution >= 4 is 27.5 Å². The molecule has 0 saturated carbocycles. The van der Waals surface area contributed by atoms with Crippen LogP contribution in [-0.4, -0.2) is 7.11 Å². The molecule has 0 aliphatic carbocycles. The van der Waals surface area contributed by atoms with E-state index in [9.17, 15) is 0 Å². The van der Waals surface area contributed by atoms with E-state index in [1.807, 2.05) is 31.2 Å². The van der Waals surface area contributed by atoms with Gasteiger partial charge in [0, 0.05) is 4.47 Å². The minimum absolute atomic E-state index is 0.301. The molecule has 90 valence electrons. The average molecular weight is 316 g/mol. The Kier molecular flexibility index (Phi) is 3.79. The predicted octanol–water partition coefficient (Wildman–Crippen LogP) is 4.69. The molecule has 0 radical (unpaired) electrons. The van der Waals surface area contributed by atoms with E-state index < -0.39 is 0 Å². The summed E-state index contributed by atoms with van der Waals surface area (Å²) in [6.45, 7) is 1.98. The molecule has 17 heavy (non-hydrogen) atoms. The van der Waals surface area contributed by atoms with E-state index in [1.165, 1.54) is 0 Å². The first-order valence-electron chi connectivity index (χ1n) is 5.15. The van der Waals surface area contributed by atoms with E-state index in [2.05, 4.69) is 15.9 Å². The number of furan rings is 1. The van der Waals surface area contributed by atoms with Crippen molar-refractivity contribution in [1.29, 1.82) is 0 Å². The Morgan fingerprint density at radius 1 is 1.35 bits per heavy atom. The van der Waals surface area contributed by atoms with Gasteiger partial charge in [-0.05, 0) is 36.2 Å². The van der Waals surface area contributed by atoms with Crippen molar-refractivity contribution in [3.05, 3.63) is 51.9 Å². The van der Waals surface area contributed by atoms with Crippen LogP contribution in [0.5, 0.6) is 5.75 Å². The van der Waals surface area contributed by atoms with Crippen molar-refractivity contribution in [1.82, 2.24) is 0 Å². The van der Waals surface area contributed by atoms with Crippen LogP contribution in [0, 0.1) is 6.92 Å². The van der Waals surface area contributed by atoms with Gasteiger partial charge in [-0.15, -0.1) is 11.6 Å². The number of hydrogen-bond donors (Lipinski definition) is 0. The molecule has 2 rings (SSSR count). The van der Waals surface area contributed by atoms with Crippen LogP contribution < -0.4 is 4.74 Å². The maximum atomic E-state index is 6.41. The first-order valence-corrected chi connectivity index (χ1v) is 6.38. The zero-order valence-corrected chi connectivity index (χ0v) is 11.9. The lowest BCUT2D eigenvalue weighted by Crippen LogP contribution is -1.95. The maximum Gasteiger partial charge on any atom is 0.129 e. The topological polar surface area (TPSA) is 22.4 Å². The van der Waals surface area contributed by atoms with Crippen molar-refractivity contribution in [3.8, 4) is 5.75 Å². The fourth-order valence-electron chi connectivity index (χ4n) is 1.63. The number of aryl methyl sites for hydroxylation is 1. The van der Waals surface area contributed by atoms with Gasteiger partial charge in [0.15, 0.2) is 0 Å². The normalized spacial score (nSPS) is 12.5. The summed E-state index contributed by atoms with van der Waals surface area (Å²) in [6.07, 6.45) is 1.65. The Morgan fingerprint density at radius 3 is 2.65 bits per heavy atom. The zero-order chi connectivity index (χ0) is 12.4. The van der Waals surface area contributed by atoms with Gasteiger partial charge >= 0.3 is 0 Å². The molecule has 2 aromatic rings. The standard InChI is InChI=1S/C13H12BrClO2/c1-8-5-6-17-13(8)12(15)10-4-3-9(16-2)7-11(10)14/h3-7,12H,1-2H3. The fraction of sp³-hybridized carbons (Fsp3) is 0.231. The molecule has 0 amide bonds. The fourth-order valence-corrected chi connectivity index (χ4v) is 2.76. The summed E-state index contributed by atoms with van der Waals surface area (Å²) in [5, 5.41) is -0.301. The average Bonchev–Trinajstić information content (AvgIpc) is 2.74. The van der Waals surface area contributed by atoms with Gasteiger partial charge in [-0.2, -0.15) is 0 Å². The van der Waals surface area contributed by atoms with Gasteiger partial charge in [-0.1, -0.05) is 22.0 Å². The van der Waals surface area contributed by atoms with E-state index in [0.717, 1.165) is 27.1 Å². The molecule has 1 aromatic heterocycles. The van der Waals surface area contributed by atoms with Crippen LogP contribution in [0.3, 0.4) is 0 Å². The van der Waals surface area contributed by atoms with Crippen LogP contribution in [0.2, 0.25) is 0 Å². The Morgan fingerprint density at radius 2 is 2.12 bits per heavy atom. The third-order valence-electron chi connectivity index (χ3n) is 2.61. The number of ether oxygens (including phenoxy) is 1. The summed E-state index contributed by atoms with van der Waals surface area (Å²) in [6, 6.07) is 7.61. The molecule has 1 unspecified atom stereocenters. The lowest BCUT2D eigenvalue weighted by molar-refractivity contribution is 0.414. The molecule has 0 spiro atoms. The second kappa shape index (κ2) is 5.15. The van der Waals surface area contributed by atoms with Crippen molar-refractivity contribution in [2.45, 2.75) is 12.3 Å². The number of alkyl halides is 1.